The van der Waals surface area contributed by atoms with Crippen molar-refractivity contribution >= 4 is 5.91 Å². The summed E-state index contributed by atoms with van der Waals surface area (Å²) in [6.07, 6.45) is 3.32. The van der Waals surface area contributed by atoms with Crippen molar-refractivity contribution in [3.05, 3.63) is 52.6 Å². The highest BCUT2D eigenvalue weighted by Gasteiger charge is 2.64. The summed E-state index contributed by atoms with van der Waals surface area (Å²) in [6.45, 7) is 16.4. The quantitative estimate of drug-likeness (QED) is 0.737. The van der Waals surface area contributed by atoms with Gasteiger partial charge in [0.1, 0.15) is 11.9 Å². The van der Waals surface area contributed by atoms with E-state index >= 15 is 0 Å². The van der Waals surface area contributed by atoms with E-state index in [1.165, 1.54) is 0 Å². The molecule has 0 spiro atoms. The fourth-order valence-corrected chi connectivity index (χ4v) is 5.05. The monoisotopic (exact) mass is 422 g/mol. The van der Waals surface area contributed by atoms with Crippen LogP contribution in [0.15, 0.2) is 24.5 Å². The van der Waals surface area contributed by atoms with Gasteiger partial charge in [0.15, 0.2) is 0 Å². The summed E-state index contributed by atoms with van der Waals surface area (Å²) in [5.41, 5.74) is 2.90. The van der Waals surface area contributed by atoms with E-state index in [0.29, 0.717) is 11.5 Å². The molecular weight excluding hydrogens is 388 g/mol. The van der Waals surface area contributed by atoms with Gasteiger partial charge in [-0.25, -0.2) is 9.97 Å². The van der Waals surface area contributed by atoms with E-state index in [1.807, 2.05) is 26.0 Å². The van der Waals surface area contributed by atoms with Crippen LogP contribution in [0.25, 0.3) is 0 Å². The van der Waals surface area contributed by atoms with E-state index < -0.39 is 0 Å². The summed E-state index contributed by atoms with van der Waals surface area (Å²) in [5.74, 6) is 0.968. The van der Waals surface area contributed by atoms with Crippen LogP contribution in [0, 0.1) is 36.0 Å². The summed E-state index contributed by atoms with van der Waals surface area (Å²) >= 11 is 0. The number of aryl methyl sites for hydroxylation is 2. The second-order valence-corrected chi connectivity index (χ2v) is 10.1. The van der Waals surface area contributed by atoms with Crippen molar-refractivity contribution in [2.24, 2.45) is 10.8 Å². The van der Waals surface area contributed by atoms with Gasteiger partial charge < -0.3 is 10.1 Å². The van der Waals surface area contributed by atoms with Crippen molar-refractivity contribution in [2.75, 3.05) is 0 Å². The molecule has 0 atom stereocenters. The normalized spacial score (nSPS) is 21.2. The molecule has 1 aromatic carbocycles. The van der Waals surface area contributed by atoms with Crippen LogP contribution >= 0.6 is 0 Å². The molecule has 2 aromatic rings. The van der Waals surface area contributed by atoms with Crippen molar-refractivity contribution in [1.82, 2.24) is 15.3 Å². The highest BCUT2D eigenvalue weighted by molar-refractivity contribution is 5.90. The fraction of sp³-hybridized carbons (Fsp3) is 0.520. The Balaban J connectivity index is 0.00000363. The summed E-state index contributed by atoms with van der Waals surface area (Å²) < 4.78 is 6.41. The van der Waals surface area contributed by atoms with Crippen LogP contribution in [0.5, 0.6) is 5.75 Å². The average molecular weight is 423 g/mol. The van der Waals surface area contributed by atoms with Gasteiger partial charge in [0.25, 0.3) is 5.91 Å². The van der Waals surface area contributed by atoms with E-state index in [4.69, 9.17) is 4.74 Å². The molecule has 1 aromatic heterocycles. The Labute approximate surface area is 186 Å². The maximum Gasteiger partial charge on any atom is 0.289 e. The van der Waals surface area contributed by atoms with Gasteiger partial charge in [0.05, 0.1) is 11.6 Å². The van der Waals surface area contributed by atoms with E-state index in [2.05, 4.69) is 62.9 Å². The van der Waals surface area contributed by atoms with Gasteiger partial charge in [-0.15, -0.1) is 0 Å². The maximum absolute atomic E-state index is 12.8. The first-order chi connectivity index (χ1) is 14.4. The number of nitriles is 1. The van der Waals surface area contributed by atoms with E-state index in [1.54, 1.807) is 12.4 Å². The SMILES string of the molecule is Cc1cc(OC2C(C)(C)C(NC(=O)c3ncc(C(C)C)cn3)C2(C)C)cc(C)c1C#N.[HH]. The first-order valence-electron chi connectivity index (χ1n) is 10.7. The van der Waals surface area contributed by atoms with Crippen molar-refractivity contribution in [3.63, 3.8) is 0 Å². The molecule has 0 aliphatic heterocycles. The zero-order valence-electron chi connectivity index (χ0n) is 19.7. The van der Waals surface area contributed by atoms with E-state index in [-0.39, 0.29) is 36.1 Å². The molecule has 0 unspecified atom stereocenters. The van der Waals surface area contributed by atoms with Crippen LogP contribution in [0.1, 0.15) is 81.8 Å². The zero-order chi connectivity index (χ0) is 23.1. The first kappa shape index (κ1) is 22.7. The highest BCUT2D eigenvalue weighted by atomic mass is 16.5. The molecule has 1 amide bonds. The number of nitrogens with zero attached hydrogens (tertiary/aromatic N) is 3. The molecule has 6 nitrogen and oxygen atoms in total. The molecule has 0 bridgehead atoms. The molecule has 0 radical (unpaired) electrons. The Hall–Kier alpha value is -2.94. The van der Waals surface area contributed by atoms with Crippen molar-refractivity contribution in [2.45, 2.75) is 73.5 Å². The lowest BCUT2D eigenvalue weighted by Crippen LogP contribution is -2.74. The van der Waals surface area contributed by atoms with Crippen LogP contribution in [0.4, 0.5) is 0 Å². The number of nitrogens with one attached hydrogen (secondary N) is 1. The van der Waals surface area contributed by atoms with Crippen LogP contribution in [-0.4, -0.2) is 28.0 Å². The molecule has 1 fully saturated rings. The molecule has 31 heavy (non-hydrogen) atoms. The van der Waals surface area contributed by atoms with Gasteiger partial charge in [0.2, 0.25) is 5.82 Å². The lowest BCUT2D eigenvalue weighted by atomic mass is 9.49. The molecule has 1 saturated carbocycles. The molecule has 1 aliphatic carbocycles. The molecule has 1 N–H and O–H groups in total. The van der Waals surface area contributed by atoms with Gasteiger partial charge in [-0.1, -0.05) is 41.5 Å². The van der Waals surface area contributed by atoms with Gasteiger partial charge >= 0.3 is 0 Å². The van der Waals surface area contributed by atoms with Gasteiger partial charge in [-0.3, -0.25) is 4.79 Å². The molecule has 0 saturated heterocycles. The third-order valence-electron chi connectivity index (χ3n) is 6.53. The van der Waals surface area contributed by atoms with Crippen molar-refractivity contribution in [1.29, 1.82) is 5.26 Å². The molecule has 166 valence electrons. The van der Waals surface area contributed by atoms with Gasteiger partial charge in [-0.2, -0.15) is 5.26 Å². The Bertz CT molecular complexity index is 1000. The molecule has 6 heteroatoms. The zero-order valence-corrected chi connectivity index (χ0v) is 19.7. The number of aromatic nitrogens is 2. The topological polar surface area (TPSA) is 87.9 Å². The minimum atomic E-state index is -0.299. The lowest BCUT2D eigenvalue weighted by Gasteiger charge is -2.63. The second-order valence-electron chi connectivity index (χ2n) is 10.1. The van der Waals surface area contributed by atoms with E-state index in [0.717, 1.165) is 22.4 Å². The number of carbonyl (C=O) groups excluding carboxylic acids is 1. The summed E-state index contributed by atoms with van der Waals surface area (Å²) in [7, 11) is 0. The minimum absolute atomic E-state index is 0. The highest BCUT2D eigenvalue weighted by Crippen LogP contribution is 2.55. The smallest absolute Gasteiger partial charge is 0.289 e. The predicted octanol–water partition coefficient (Wildman–Crippen LogP) is 4.95. The summed E-state index contributed by atoms with van der Waals surface area (Å²) in [6, 6.07) is 5.96. The van der Waals surface area contributed by atoms with Crippen LogP contribution in [0.3, 0.4) is 0 Å². The van der Waals surface area contributed by atoms with Crippen LogP contribution < -0.4 is 10.1 Å². The van der Waals surface area contributed by atoms with Crippen LogP contribution in [-0.2, 0) is 0 Å². The Morgan fingerprint density at radius 3 is 2.10 bits per heavy atom. The number of rotatable bonds is 5. The number of hydrogen-bond donors (Lipinski definition) is 1. The van der Waals surface area contributed by atoms with E-state index in [9.17, 15) is 10.1 Å². The molecule has 1 heterocycles. The first-order valence-corrected chi connectivity index (χ1v) is 10.7. The number of hydrogen-bond acceptors (Lipinski definition) is 5. The fourth-order valence-electron chi connectivity index (χ4n) is 5.05. The minimum Gasteiger partial charge on any atom is -0.489 e. The number of carbonyl (C=O) groups is 1. The van der Waals surface area contributed by atoms with Crippen LogP contribution in [0.2, 0.25) is 0 Å². The van der Waals surface area contributed by atoms with Gasteiger partial charge in [-0.05, 0) is 48.6 Å². The number of benzene rings is 1. The largest absolute Gasteiger partial charge is 0.489 e. The molecular formula is C25H34N4O2. The van der Waals surface area contributed by atoms with Gasteiger partial charge in [0, 0.05) is 30.7 Å². The summed E-state index contributed by atoms with van der Waals surface area (Å²) in [5, 5.41) is 12.4. The standard InChI is InChI=1S/C25H32N4O2.H2/c1-14(2)17-12-27-20(28-13-17)21(30)29-22-24(5,6)23(25(22,7)8)31-18-9-15(3)19(11-26)16(4)10-18;/h9-10,12-14,22-23H,1-8H3,(H,29,30);1H. The summed E-state index contributed by atoms with van der Waals surface area (Å²) in [4.78, 5) is 21.3. The Morgan fingerprint density at radius 1 is 1.13 bits per heavy atom. The Kier molecular flexibility index (Phi) is 5.84. The van der Waals surface area contributed by atoms with Crippen molar-refractivity contribution < 1.29 is 11.0 Å². The number of amides is 1. The Morgan fingerprint density at radius 2 is 1.65 bits per heavy atom. The second kappa shape index (κ2) is 7.96. The average Bonchev–Trinajstić information content (AvgIpc) is 2.69. The third kappa shape index (κ3) is 4.01. The lowest BCUT2D eigenvalue weighted by molar-refractivity contribution is -0.164. The number of ether oxygens (including phenoxy) is 1. The predicted molar refractivity (Wildman–Crippen MR) is 122 cm³/mol. The molecule has 3 rings (SSSR count). The molecule has 1 aliphatic rings. The van der Waals surface area contributed by atoms with Crippen molar-refractivity contribution in [3.8, 4) is 11.8 Å². The third-order valence-corrected chi connectivity index (χ3v) is 6.53. The maximum atomic E-state index is 12.8.